The van der Waals surface area contributed by atoms with E-state index in [0.717, 1.165) is 18.4 Å². The molecule has 0 heterocycles. The molecule has 0 aliphatic carbocycles. The maximum absolute atomic E-state index is 14.6. The Balaban J connectivity index is 2.14. The lowest BCUT2D eigenvalue weighted by atomic mass is 9.97. The van der Waals surface area contributed by atoms with Gasteiger partial charge in [-0.05, 0) is 75.9 Å². The molecule has 0 aliphatic rings. The number of halogens is 1. The molecule has 3 amide bonds. The number of nitrogens with one attached hydrogen (secondary N) is 2. The highest BCUT2D eigenvalue weighted by molar-refractivity contribution is 6.34. The van der Waals surface area contributed by atoms with Crippen LogP contribution in [0.25, 0.3) is 0 Å². The highest BCUT2D eigenvalue weighted by atomic mass is 35.5. The summed E-state index contributed by atoms with van der Waals surface area (Å²) in [5.74, 6) is -1.17. The third-order valence-corrected chi connectivity index (χ3v) is 7.56. The second-order valence-corrected chi connectivity index (χ2v) is 12.6. The molecule has 10 heteroatoms. The molecule has 3 rings (SSSR count). The number of amides is 3. The van der Waals surface area contributed by atoms with Gasteiger partial charge in [0.1, 0.15) is 29.2 Å². The molecule has 3 aromatic carbocycles. The number of aryl methyl sites for hydroxylation is 2. The highest BCUT2D eigenvalue weighted by Crippen LogP contribution is 2.35. The molecule has 0 fully saturated rings. The van der Waals surface area contributed by atoms with E-state index in [0.29, 0.717) is 28.3 Å². The zero-order chi connectivity index (χ0) is 33.3. The van der Waals surface area contributed by atoms with Crippen LogP contribution in [0.2, 0.25) is 5.02 Å². The number of hydrogen-bond donors (Lipinski definition) is 4. The van der Waals surface area contributed by atoms with E-state index in [1.54, 1.807) is 70.2 Å². The summed E-state index contributed by atoms with van der Waals surface area (Å²) in [5.41, 5.74) is 1.75. The van der Waals surface area contributed by atoms with Gasteiger partial charge in [-0.15, -0.1) is 0 Å². The van der Waals surface area contributed by atoms with Crippen LogP contribution in [0, 0.1) is 13.8 Å². The summed E-state index contributed by atoms with van der Waals surface area (Å²) in [6, 6.07) is 14.2. The topological polar surface area (TPSA) is 128 Å². The predicted octanol–water partition coefficient (Wildman–Crippen LogP) is 7.20. The van der Waals surface area contributed by atoms with Crippen molar-refractivity contribution in [1.29, 1.82) is 0 Å². The third-order valence-electron chi connectivity index (χ3n) is 7.24. The summed E-state index contributed by atoms with van der Waals surface area (Å²) >= 11 is 6.46. The smallest absolute Gasteiger partial charge is 0.408 e. The van der Waals surface area contributed by atoms with Gasteiger partial charge in [-0.3, -0.25) is 9.59 Å². The lowest BCUT2D eigenvalue weighted by Gasteiger charge is -2.35. The van der Waals surface area contributed by atoms with Crippen molar-refractivity contribution < 1.29 is 29.3 Å². The first-order chi connectivity index (χ1) is 21.2. The summed E-state index contributed by atoms with van der Waals surface area (Å²) in [4.78, 5) is 43.3. The van der Waals surface area contributed by atoms with Crippen LogP contribution in [0.1, 0.15) is 75.3 Å². The Morgan fingerprint density at radius 2 is 1.58 bits per heavy atom. The molecule has 0 bridgehead atoms. The first-order valence-corrected chi connectivity index (χ1v) is 15.5. The van der Waals surface area contributed by atoms with E-state index >= 15 is 0 Å². The minimum Gasteiger partial charge on any atom is -0.508 e. The van der Waals surface area contributed by atoms with Crippen LogP contribution in [0.3, 0.4) is 0 Å². The fourth-order valence-electron chi connectivity index (χ4n) is 4.95. The van der Waals surface area contributed by atoms with Crippen molar-refractivity contribution >= 4 is 35.2 Å². The molecule has 9 nitrogen and oxygen atoms in total. The first kappa shape index (κ1) is 35.2. The molecule has 4 N–H and O–H groups in total. The van der Waals surface area contributed by atoms with Gasteiger partial charge < -0.3 is 30.5 Å². The quantitative estimate of drug-likeness (QED) is 0.155. The largest absolute Gasteiger partial charge is 0.508 e. The molecule has 242 valence electrons. The van der Waals surface area contributed by atoms with E-state index in [9.17, 15) is 24.6 Å². The number of benzene rings is 3. The summed E-state index contributed by atoms with van der Waals surface area (Å²) in [5, 5.41) is 27.0. The van der Waals surface area contributed by atoms with Crippen LogP contribution in [0.15, 0.2) is 60.7 Å². The zero-order valence-electron chi connectivity index (χ0n) is 26.8. The maximum atomic E-state index is 14.6. The number of para-hydroxylation sites is 2. The maximum Gasteiger partial charge on any atom is 0.408 e. The molecule has 0 saturated heterocycles. The van der Waals surface area contributed by atoms with Gasteiger partial charge in [0.05, 0.1) is 10.7 Å². The fraction of sp³-hybridized carbons (Fsp3) is 0.400. The Kier molecular flexibility index (Phi) is 12.3. The number of alkyl carbamates (subject to hydrolysis) is 1. The standard InChI is InChI=1S/C35H44ClN3O6/c1-7-8-9-20-39(33(43)28(37-34(44)45-35(4,5)6)21-24-16-18-25(40)19-17-24)30(26-14-10-13-23(3)31(26)41)32(42)38-29-22(2)12-11-15-27(29)36/h10-19,28,30,40-41H,7-9,20-21H2,1-6H3,(H,37,44)(H,38,42). The summed E-state index contributed by atoms with van der Waals surface area (Å²) in [6.07, 6.45) is 1.48. The summed E-state index contributed by atoms with van der Waals surface area (Å²) in [6.45, 7) is 10.9. The van der Waals surface area contributed by atoms with Crippen molar-refractivity contribution in [3.05, 3.63) is 87.9 Å². The Bertz CT molecular complexity index is 1470. The number of aromatic hydroxyl groups is 2. The minimum absolute atomic E-state index is 0.0559. The summed E-state index contributed by atoms with van der Waals surface area (Å²) in [7, 11) is 0. The van der Waals surface area contributed by atoms with Gasteiger partial charge in [-0.1, -0.05) is 73.8 Å². The second kappa shape index (κ2) is 15.7. The van der Waals surface area contributed by atoms with Crippen LogP contribution >= 0.6 is 11.6 Å². The first-order valence-electron chi connectivity index (χ1n) is 15.1. The van der Waals surface area contributed by atoms with Crippen molar-refractivity contribution in [2.75, 3.05) is 11.9 Å². The molecule has 0 saturated carbocycles. The van der Waals surface area contributed by atoms with Gasteiger partial charge in [-0.2, -0.15) is 0 Å². The molecular formula is C35H44ClN3O6. The van der Waals surface area contributed by atoms with Crippen molar-refractivity contribution in [3.8, 4) is 11.5 Å². The fourth-order valence-corrected chi connectivity index (χ4v) is 5.22. The second-order valence-electron chi connectivity index (χ2n) is 12.1. The van der Waals surface area contributed by atoms with Crippen LogP contribution in [0.4, 0.5) is 10.5 Å². The Hall–Kier alpha value is -4.24. The summed E-state index contributed by atoms with van der Waals surface area (Å²) < 4.78 is 5.49. The normalized spacial score (nSPS) is 12.6. The molecule has 0 radical (unpaired) electrons. The van der Waals surface area contributed by atoms with Crippen molar-refractivity contribution in [1.82, 2.24) is 10.2 Å². The van der Waals surface area contributed by atoms with Crippen molar-refractivity contribution in [2.24, 2.45) is 0 Å². The van der Waals surface area contributed by atoms with E-state index in [2.05, 4.69) is 10.6 Å². The number of rotatable bonds is 12. The average molecular weight is 638 g/mol. The van der Waals surface area contributed by atoms with Gasteiger partial charge in [0.25, 0.3) is 5.91 Å². The van der Waals surface area contributed by atoms with Crippen molar-refractivity contribution in [2.45, 2.75) is 84.9 Å². The van der Waals surface area contributed by atoms with Crippen LogP contribution in [-0.4, -0.2) is 51.2 Å². The van der Waals surface area contributed by atoms with E-state index in [-0.39, 0.29) is 30.0 Å². The molecule has 0 aromatic heterocycles. The molecule has 3 aromatic rings. The highest BCUT2D eigenvalue weighted by Gasteiger charge is 2.38. The number of carbonyl (C=O) groups excluding carboxylic acids is 3. The molecule has 0 spiro atoms. The van der Waals surface area contributed by atoms with Gasteiger partial charge >= 0.3 is 6.09 Å². The van der Waals surface area contributed by atoms with Crippen LogP contribution < -0.4 is 10.6 Å². The van der Waals surface area contributed by atoms with Gasteiger partial charge in [0.15, 0.2) is 0 Å². The average Bonchev–Trinajstić information content (AvgIpc) is 2.96. The van der Waals surface area contributed by atoms with Gasteiger partial charge in [0.2, 0.25) is 5.91 Å². The Morgan fingerprint density at radius 1 is 0.933 bits per heavy atom. The Labute approximate surface area is 270 Å². The molecule has 2 unspecified atom stereocenters. The van der Waals surface area contributed by atoms with E-state index < -0.39 is 35.6 Å². The number of ether oxygens (including phenoxy) is 1. The van der Waals surface area contributed by atoms with Crippen LogP contribution in [0.5, 0.6) is 11.5 Å². The number of phenols is 2. The minimum atomic E-state index is -1.27. The number of anilines is 1. The SMILES string of the molecule is CCCCCN(C(=O)C(Cc1ccc(O)cc1)NC(=O)OC(C)(C)C)C(C(=O)Nc1c(C)cccc1Cl)c1cccc(C)c1O. The number of carbonyl (C=O) groups is 3. The monoisotopic (exact) mass is 637 g/mol. The Morgan fingerprint density at radius 3 is 2.20 bits per heavy atom. The molecule has 45 heavy (non-hydrogen) atoms. The van der Waals surface area contributed by atoms with Gasteiger partial charge in [0, 0.05) is 18.5 Å². The number of hydrogen-bond acceptors (Lipinski definition) is 6. The predicted molar refractivity (Wildman–Crippen MR) is 177 cm³/mol. The van der Waals surface area contributed by atoms with Crippen LogP contribution in [-0.2, 0) is 20.7 Å². The van der Waals surface area contributed by atoms with E-state index in [4.69, 9.17) is 16.3 Å². The van der Waals surface area contributed by atoms with Gasteiger partial charge in [-0.25, -0.2) is 4.79 Å². The number of unbranched alkanes of at least 4 members (excludes halogenated alkanes) is 2. The van der Waals surface area contributed by atoms with E-state index in [1.165, 1.54) is 17.0 Å². The van der Waals surface area contributed by atoms with Crippen molar-refractivity contribution in [3.63, 3.8) is 0 Å². The lowest BCUT2D eigenvalue weighted by Crippen LogP contribution is -2.53. The molecule has 2 atom stereocenters. The number of phenolic OH excluding ortho intramolecular Hbond substituents is 2. The molecule has 0 aliphatic heterocycles. The zero-order valence-corrected chi connectivity index (χ0v) is 27.6. The third kappa shape index (κ3) is 9.88. The van der Waals surface area contributed by atoms with E-state index in [1.807, 2.05) is 19.9 Å². The lowest BCUT2D eigenvalue weighted by molar-refractivity contribution is -0.141. The number of nitrogens with zero attached hydrogens (tertiary/aromatic N) is 1. The molecular weight excluding hydrogens is 594 g/mol.